The lowest BCUT2D eigenvalue weighted by atomic mass is 10.0. The number of likely N-dealkylation sites (tertiary alicyclic amines) is 1. The molecule has 5 rings (SSSR count). The molecule has 0 saturated carbocycles. The Balaban J connectivity index is 1.36. The Morgan fingerprint density at radius 1 is 1.21 bits per heavy atom. The highest BCUT2D eigenvalue weighted by atomic mass is 35.5. The number of aromatic nitrogens is 3. The molecule has 2 aliphatic rings. The largest absolute Gasteiger partial charge is 0.475 e. The quantitative estimate of drug-likeness (QED) is 0.299. The zero-order valence-electron chi connectivity index (χ0n) is 21.8. The average molecular weight is 564 g/mol. The molecule has 210 valence electrons. The minimum Gasteiger partial charge on any atom is -0.475 e. The second kappa shape index (κ2) is 11.6. The van der Waals surface area contributed by atoms with E-state index >= 15 is 0 Å². The standard InChI is InChI=1S/C26H32ClF2N7O3/c1-15(36(31)18-3-5-34(6-4-18)19-12-38-13-19)25(30)16-7-23-32-11-22(27)35(23)24(8-16)39-14-21(37-2)26-20(29)9-17(28)10-33-26/h7-11,18-19,21H,3-6,12-14,30-31H2,1-2H3/b25-15-. The summed E-state index contributed by atoms with van der Waals surface area (Å²) in [5, 5.41) is 2.06. The van der Waals surface area contributed by atoms with E-state index in [2.05, 4.69) is 14.9 Å². The molecular weight excluding hydrogens is 532 g/mol. The average Bonchev–Trinajstić information content (AvgIpc) is 3.28. The van der Waals surface area contributed by atoms with Crippen LogP contribution in [0.2, 0.25) is 5.15 Å². The van der Waals surface area contributed by atoms with E-state index in [-0.39, 0.29) is 18.3 Å². The highest BCUT2D eigenvalue weighted by Gasteiger charge is 2.31. The second-order valence-electron chi connectivity index (χ2n) is 9.78. The summed E-state index contributed by atoms with van der Waals surface area (Å²) in [6.07, 6.45) is 3.36. The van der Waals surface area contributed by atoms with Crippen LogP contribution in [-0.2, 0) is 9.47 Å². The van der Waals surface area contributed by atoms with Crippen LogP contribution in [-0.4, -0.2) is 76.4 Å². The summed E-state index contributed by atoms with van der Waals surface area (Å²) in [6, 6.07) is 4.92. The molecule has 1 atom stereocenters. The highest BCUT2D eigenvalue weighted by molar-refractivity contribution is 6.29. The maximum atomic E-state index is 14.3. The maximum absolute atomic E-state index is 14.3. The first-order valence-corrected chi connectivity index (χ1v) is 13.1. The predicted octanol–water partition coefficient (Wildman–Crippen LogP) is 3.11. The Morgan fingerprint density at radius 3 is 2.59 bits per heavy atom. The van der Waals surface area contributed by atoms with E-state index in [4.69, 9.17) is 37.4 Å². The first-order valence-electron chi connectivity index (χ1n) is 12.7. The van der Waals surface area contributed by atoms with Crippen molar-refractivity contribution in [2.75, 3.05) is 40.0 Å². The van der Waals surface area contributed by atoms with Gasteiger partial charge in [0.1, 0.15) is 40.8 Å². The van der Waals surface area contributed by atoms with Crippen LogP contribution in [0.3, 0.4) is 0 Å². The molecule has 0 aromatic carbocycles. The lowest BCUT2D eigenvalue weighted by Crippen LogP contribution is -2.55. The first kappa shape index (κ1) is 27.5. The number of hydrogen-bond acceptors (Lipinski definition) is 9. The Hall–Kier alpha value is -3.03. The molecule has 5 heterocycles. The van der Waals surface area contributed by atoms with E-state index in [0.717, 1.165) is 57.1 Å². The second-order valence-corrected chi connectivity index (χ2v) is 10.2. The number of rotatable bonds is 9. The van der Waals surface area contributed by atoms with Crippen LogP contribution in [0, 0.1) is 11.6 Å². The Kier molecular flexibility index (Phi) is 8.19. The van der Waals surface area contributed by atoms with E-state index in [1.54, 1.807) is 21.5 Å². The summed E-state index contributed by atoms with van der Waals surface area (Å²) < 4.78 is 46.0. The van der Waals surface area contributed by atoms with Crippen LogP contribution in [0.15, 0.2) is 36.3 Å². The van der Waals surface area contributed by atoms with Gasteiger partial charge in [-0.2, -0.15) is 0 Å². The van der Waals surface area contributed by atoms with Gasteiger partial charge in [0.05, 0.1) is 37.3 Å². The lowest BCUT2D eigenvalue weighted by Gasteiger charge is -2.43. The summed E-state index contributed by atoms with van der Waals surface area (Å²) in [5.74, 6) is 5.25. The molecule has 13 heteroatoms. The summed E-state index contributed by atoms with van der Waals surface area (Å²) in [4.78, 5) is 10.6. The molecule has 0 radical (unpaired) electrons. The topological polar surface area (TPSA) is 116 Å². The molecule has 0 bridgehead atoms. The number of halogens is 3. The Labute approximate surface area is 230 Å². The van der Waals surface area contributed by atoms with Crippen LogP contribution in [0.25, 0.3) is 11.3 Å². The van der Waals surface area contributed by atoms with Gasteiger partial charge in [0.15, 0.2) is 0 Å². The van der Waals surface area contributed by atoms with Gasteiger partial charge in [0.2, 0.25) is 5.88 Å². The van der Waals surface area contributed by atoms with Crippen molar-refractivity contribution >= 4 is 22.9 Å². The fourth-order valence-corrected chi connectivity index (χ4v) is 5.19. The number of fused-ring (bicyclic) bond motifs is 1. The number of allylic oxidation sites excluding steroid dienone is 1. The number of nitrogens with two attached hydrogens (primary N) is 2. The fourth-order valence-electron chi connectivity index (χ4n) is 4.97. The zero-order valence-corrected chi connectivity index (χ0v) is 22.6. The number of nitrogens with zero attached hydrogens (tertiary/aromatic N) is 5. The normalized spacial score (nSPS) is 18.6. The van der Waals surface area contributed by atoms with Gasteiger partial charge in [-0.15, -0.1) is 0 Å². The number of piperidine rings is 1. The monoisotopic (exact) mass is 563 g/mol. The molecule has 2 aliphatic heterocycles. The molecule has 3 aromatic heterocycles. The van der Waals surface area contributed by atoms with Gasteiger partial charge in [0.25, 0.3) is 0 Å². The van der Waals surface area contributed by atoms with Crippen molar-refractivity contribution in [3.8, 4) is 5.88 Å². The van der Waals surface area contributed by atoms with Crippen molar-refractivity contribution in [1.29, 1.82) is 0 Å². The molecule has 2 fully saturated rings. The zero-order chi connectivity index (χ0) is 27.7. The molecule has 39 heavy (non-hydrogen) atoms. The third-order valence-electron chi connectivity index (χ3n) is 7.46. The number of methoxy groups -OCH3 is 1. The Morgan fingerprint density at radius 2 is 1.95 bits per heavy atom. The van der Waals surface area contributed by atoms with Gasteiger partial charge in [-0.05, 0) is 25.8 Å². The minimum absolute atomic E-state index is 0.0760. The van der Waals surface area contributed by atoms with Gasteiger partial charge >= 0.3 is 0 Å². The number of pyridine rings is 2. The van der Waals surface area contributed by atoms with Gasteiger partial charge in [-0.25, -0.2) is 19.6 Å². The molecular formula is C26H32ClF2N7O3. The van der Waals surface area contributed by atoms with E-state index in [1.165, 1.54) is 13.3 Å². The summed E-state index contributed by atoms with van der Waals surface area (Å²) >= 11 is 6.37. The molecule has 0 spiro atoms. The van der Waals surface area contributed by atoms with E-state index in [1.807, 2.05) is 6.92 Å². The third kappa shape index (κ3) is 5.66. The van der Waals surface area contributed by atoms with Crippen molar-refractivity contribution in [2.45, 2.75) is 38.0 Å². The summed E-state index contributed by atoms with van der Waals surface area (Å²) in [6.45, 7) is 5.27. The lowest BCUT2D eigenvalue weighted by molar-refractivity contribution is -0.0751. The molecule has 1 unspecified atom stereocenters. The van der Waals surface area contributed by atoms with Crippen molar-refractivity contribution in [1.82, 2.24) is 24.3 Å². The Bertz CT molecular complexity index is 1360. The molecule has 2 saturated heterocycles. The maximum Gasteiger partial charge on any atom is 0.201 e. The van der Waals surface area contributed by atoms with Crippen LogP contribution < -0.4 is 16.3 Å². The van der Waals surface area contributed by atoms with Crippen molar-refractivity contribution in [3.05, 3.63) is 64.3 Å². The first-order chi connectivity index (χ1) is 18.8. The van der Waals surface area contributed by atoms with E-state index in [9.17, 15) is 8.78 Å². The molecule has 0 amide bonds. The number of imidazole rings is 1. The minimum atomic E-state index is -0.905. The van der Waals surface area contributed by atoms with Gasteiger partial charge < -0.3 is 25.0 Å². The van der Waals surface area contributed by atoms with Gasteiger partial charge in [0, 0.05) is 49.6 Å². The van der Waals surface area contributed by atoms with Crippen molar-refractivity contribution < 1.29 is 23.0 Å². The summed E-state index contributed by atoms with van der Waals surface area (Å²) in [5.41, 5.74) is 8.86. The van der Waals surface area contributed by atoms with E-state index < -0.39 is 17.7 Å². The van der Waals surface area contributed by atoms with Crippen molar-refractivity contribution in [2.24, 2.45) is 11.6 Å². The highest BCUT2D eigenvalue weighted by Crippen LogP contribution is 2.29. The van der Waals surface area contributed by atoms with Crippen LogP contribution in [0.1, 0.15) is 37.1 Å². The molecule has 0 aliphatic carbocycles. The van der Waals surface area contributed by atoms with Crippen LogP contribution in [0.4, 0.5) is 8.78 Å². The number of ether oxygens (including phenoxy) is 3. The van der Waals surface area contributed by atoms with Crippen LogP contribution in [0.5, 0.6) is 5.88 Å². The van der Waals surface area contributed by atoms with Gasteiger partial charge in [-0.1, -0.05) is 11.6 Å². The smallest absolute Gasteiger partial charge is 0.201 e. The fraction of sp³-hybridized carbons (Fsp3) is 0.462. The number of hydrazine groups is 1. The molecule has 10 nitrogen and oxygen atoms in total. The van der Waals surface area contributed by atoms with E-state index in [0.29, 0.717) is 34.0 Å². The van der Waals surface area contributed by atoms with Crippen LogP contribution >= 0.6 is 11.6 Å². The molecule has 4 N–H and O–H groups in total. The SMILES string of the molecule is COC(COc1cc(/C(N)=C(\C)N(N)C2CCN(C3COC3)CC2)cc2ncc(Cl)n12)c1ncc(F)cc1F. The predicted molar refractivity (Wildman–Crippen MR) is 142 cm³/mol. The molecule has 3 aromatic rings. The summed E-state index contributed by atoms with van der Waals surface area (Å²) in [7, 11) is 1.39. The van der Waals surface area contributed by atoms with Gasteiger partial charge in [-0.3, -0.25) is 14.3 Å². The number of hydrogen-bond donors (Lipinski definition) is 2. The third-order valence-corrected chi connectivity index (χ3v) is 7.72. The van der Waals surface area contributed by atoms with Crippen molar-refractivity contribution in [3.63, 3.8) is 0 Å².